The second-order valence-corrected chi connectivity index (χ2v) is 12.2. The Morgan fingerprint density at radius 3 is 2.10 bits per heavy atom. The number of benzene rings is 3. The van der Waals surface area contributed by atoms with Crippen molar-refractivity contribution in [1.29, 1.82) is 0 Å². The van der Waals surface area contributed by atoms with Gasteiger partial charge in [-0.3, -0.25) is 13.9 Å². The molecule has 0 saturated heterocycles. The summed E-state index contributed by atoms with van der Waals surface area (Å²) >= 11 is 0. The maximum absolute atomic E-state index is 14.1. The van der Waals surface area contributed by atoms with Gasteiger partial charge in [-0.1, -0.05) is 86.1 Å². The van der Waals surface area contributed by atoms with Gasteiger partial charge in [0.15, 0.2) is 0 Å². The molecule has 3 aromatic carbocycles. The molecule has 0 aliphatic carbocycles. The molecule has 0 radical (unpaired) electrons. The summed E-state index contributed by atoms with van der Waals surface area (Å²) in [6, 6.07) is 23.6. The van der Waals surface area contributed by atoms with E-state index in [1.165, 1.54) is 4.90 Å². The highest BCUT2D eigenvalue weighted by atomic mass is 32.2. The lowest BCUT2D eigenvalue weighted by Gasteiger charge is -2.34. The molecular formula is C32H41N3O4S. The van der Waals surface area contributed by atoms with Crippen molar-refractivity contribution >= 4 is 27.5 Å². The van der Waals surface area contributed by atoms with E-state index in [1.54, 1.807) is 12.1 Å². The number of hydrogen-bond acceptors (Lipinski definition) is 4. The van der Waals surface area contributed by atoms with Crippen LogP contribution in [-0.4, -0.2) is 50.0 Å². The van der Waals surface area contributed by atoms with Gasteiger partial charge in [-0.15, -0.1) is 0 Å². The number of sulfonamides is 1. The Morgan fingerprint density at radius 1 is 0.875 bits per heavy atom. The summed E-state index contributed by atoms with van der Waals surface area (Å²) < 4.78 is 26.9. The van der Waals surface area contributed by atoms with E-state index in [4.69, 9.17) is 0 Å². The molecule has 0 heterocycles. The van der Waals surface area contributed by atoms with E-state index >= 15 is 0 Å². The van der Waals surface area contributed by atoms with E-state index in [0.29, 0.717) is 12.1 Å². The summed E-state index contributed by atoms with van der Waals surface area (Å²) in [7, 11) is -3.79. The third-order valence-corrected chi connectivity index (χ3v) is 8.16. The van der Waals surface area contributed by atoms with Crippen molar-refractivity contribution in [3.05, 3.63) is 101 Å². The predicted molar refractivity (Wildman–Crippen MR) is 162 cm³/mol. The first-order chi connectivity index (χ1) is 19.0. The summed E-state index contributed by atoms with van der Waals surface area (Å²) in [6.45, 7) is 7.65. The van der Waals surface area contributed by atoms with Gasteiger partial charge in [-0.05, 0) is 55.5 Å². The van der Waals surface area contributed by atoms with Crippen LogP contribution in [0, 0.1) is 6.92 Å². The Morgan fingerprint density at radius 2 is 1.52 bits per heavy atom. The summed E-state index contributed by atoms with van der Waals surface area (Å²) in [5.41, 5.74) is 4.27. The number of nitrogens with zero attached hydrogens (tertiary/aromatic N) is 2. The van der Waals surface area contributed by atoms with Crippen LogP contribution >= 0.6 is 0 Å². The van der Waals surface area contributed by atoms with Crippen LogP contribution < -0.4 is 9.62 Å². The first-order valence-electron chi connectivity index (χ1n) is 13.8. The zero-order valence-corrected chi connectivity index (χ0v) is 24.9. The van der Waals surface area contributed by atoms with Crippen molar-refractivity contribution in [3.63, 3.8) is 0 Å². The van der Waals surface area contributed by atoms with Crippen LogP contribution in [0.5, 0.6) is 0 Å². The fourth-order valence-corrected chi connectivity index (χ4v) is 5.36. The van der Waals surface area contributed by atoms with E-state index in [9.17, 15) is 18.0 Å². The smallest absolute Gasteiger partial charge is 0.244 e. The zero-order chi connectivity index (χ0) is 29.3. The zero-order valence-electron chi connectivity index (χ0n) is 24.1. The van der Waals surface area contributed by atoms with E-state index in [1.807, 2.05) is 94.4 Å². The van der Waals surface area contributed by atoms with Gasteiger partial charge >= 0.3 is 0 Å². The number of carbonyl (C=O) groups excluding carboxylic acids is 2. The number of amides is 2. The van der Waals surface area contributed by atoms with E-state index in [0.717, 1.165) is 45.7 Å². The third-order valence-electron chi connectivity index (χ3n) is 7.02. The van der Waals surface area contributed by atoms with Crippen LogP contribution in [0.15, 0.2) is 78.9 Å². The van der Waals surface area contributed by atoms with Gasteiger partial charge in [-0.25, -0.2) is 8.42 Å². The topological polar surface area (TPSA) is 86.8 Å². The summed E-state index contributed by atoms with van der Waals surface area (Å²) in [6.07, 6.45) is 2.95. The van der Waals surface area contributed by atoms with Crippen molar-refractivity contribution in [2.75, 3.05) is 17.1 Å². The summed E-state index contributed by atoms with van der Waals surface area (Å²) in [5.74, 6) is -0.718. The molecule has 2 amide bonds. The minimum absolute atomic E-state index is 0.0775. The molecule has 2 atom stereocenters. The molecule has 40 heavy (non-hydrogen) atoms. The highest BCUT2D eigenvalue weighted by Crippen LogP contribution is 2.21. The molecular weight excluding hydrogens is 522 g/mol. The molecule has 0 bridgehead atoms. The van der Waals surface area contributed by atoms with E-state index in [2.05, 4.69) is 5.32 Å². The first kappa shape index (κ1) is 30.9. The SMILES string of the molecule is CCc1ccc(N(CC(=O)N(Cc2cccc(C)c2)[C@@H](Cc2ccccc2)C(=O)N[C@H](C)CC)S(C)(=O)=O)cc1. The Balaban J connectivity index is 2.05. The molecule has 0 saturated carbocycles. The van der Waals surface area contributed by atoms with Gasteiger partial charge < -0.3 is 10.2 Å². The molecule has 0 unspecified atom stereocenters. The van der Waals surface area contributed by atoms with Crippen LogP contribution in [0.3, 0.4) is 0 Å². The Bertz CT molecular complexity index is 1370. The van der Waals surface area contributed by atoms with Crippen molar-refractivity contribution < 1.29 is 18.0 Å². The molecule has 8 heteroatoms. The normalized spacial score (nSPS) is 12.8. The van der Waals surface area contributed by atoms with Crippen molar-refractivity contribution in [1.82, 2.24) is 10.2 Å². The average molecular weight is 564 g/mol. The van der Waals surface area contributed by atoms with Gasteiger partial charge in [0.1, 0.15) is 12.6 Å². The predicted octanol–water partition coefficient (Wildman–Crippen LogP) is 4.88. The number of hydrogen-bond donors (Lipinski definition) is 1. The second kappa shape index (κ2) is 14.1. The summed E-state index contributed by atoms with van der Waals surface area (Å²) in [4.78, 5) is 29.3. The third kappa shape index (κ3) is 8.68. The Hall–Kier alpha value is -3.65. The molecule has 0 aliphatic heterocycles. The molecule has 0 aromatic heterocycles. The lowest BCUT2D eigenvalue weighted by molar-refractivity contribution is -0.140. The number of anilines is 1. The lowest BCUT2D eigenvalue weighted by Crippen LogP contribution is -2.54. The highest BCUT2D eigenvalue weighted by molar-refractivity contribution is 7.92. The minimum Gasteiger partial charge on any atom is -0.352 e. The first-order valence-corrected chi connectivity index (χ1v) is 15.6. The molecule has 7 nitrogen and oxygen atoms in total. The second-order valence-electron chi connectivity index (χ2n) is 10.3. The summed E-state index contributed by atoms with van der Waals surface area (Å²) in [5, 5.41) is 3.05. The van der Waals surface area contributed by atoms with Crippen molar-refractivity contribution in [3.8, 4) is 0 Å². The molecule has 1 N–H and O–H groups in total. The molecule has 0 fully saturated rings. The van der Waals surface area contributed by atoms with Gasteiger partial charge in [0, 0.05) is 19.0 Å². The molecule has 0 spiro atoms. The maximum Gasteiger partial charge on any atom is 0.244 e. The van der Waals surface area contributed by atoms with Gasteiger partial charge in [-0.2, -0.15) is 0 Å². The largest absolute Gasteiger partial charge is 0.352 e. The Labute approximate surface area is 239 Å². The van der Waals surface area contributed by atoms with E-state index < -0.39 is 28.5 Å². The fraction of sp³-hybridized carbons (Fsp3) is 0.375. The minimum atomic E-state index is -3.79. The van der Waals surface area contributed by atoms with Crippen LogP contribution in [0.4, 0.5) is 5.69 Å². The lowest BCUT2D eigenvalue weighted by atomic mass is 10.0. The van der Waals surface area contributed by atoms with Crippen LogP contribution in [-0.2, 0) is 39.0 Å². The number of aryl methyl sites for hydroxylation is 2. The average Bonchev–Trinajstić information content (AvgIpc) is 2.93. The van der Waals surface area contributed by atoms with Crippen molar-refractivity contribution in [2.24, 2.45) is 0 Å². The number of carbonyl (C=O) groups is 2. The fourth-order valence-electron chi connectivity index (χ4n) is 4.51. The highest BCUT2D eigenvalue weighted by Gasteiger charge is 2.33. The number of nitrogens with one attached hydrogen (secondary N) is 1. The quantitative estimate of drug-likeness (QED) is 0.321. The van der Waals surface area contributed by atoms with Crippen LogP contribution in [0.2, 0.25) is 0 Å². The monoisotopic (exact) mass is 563 g/mol. The molecule has 0 aliphatic rings. The van der Waals surface area contributed by atoms with Gasteiger partial charge in [0.2, 0.25) is 21.8 Å². The molecule has 214 valence electrons. The molecule has 3 rings (SSSR count). The maximum atomic E-state index is 14.1. The van der Waals surface area contributed by atoms with Gasteiger partial charge in [0.25, 0.3) is 0 Å². The van der Waals surface area contributed by atoms with Crippen molar-refractivity contribution in [2.45, 2.75) is 65.6 Å². The van der Waals surface area contributed by atoms with Crippen LogP contribution in [0.25, 0.3) is 0 Å². The molecule has 3 aromatic rings. The van der Waals surface area contributed by atoms with Crippen LogP contribution in [0.1, 0.15) is 49.4 Å². The van der Waals surface area contributed by atoms with Gasteiger partial charge in [0.05, 0.1) is 11.9 Å². The standard InChI is InChI=1S/C32H41N3O4S/c1-6-25(4)33-32(37)30(21-27-13-9-8-10-14-27)34(22-28-15-11-12-24(3)20-28)31(36)23-35(40(5,38)39)29-18-16-26(7-2)17-19-29/h8-20,25,30H,6-7,21-23H2,1-5H3,(H,33,37)/t25-,30+/m1/s1. The number of rotatable bonds is 13. The Kier molecular flexibility index (Phi) is 10.9. The van der Waals surface area contributed by atoms with E-state index in [-0.39, 0.29) is 18.5 Å².